The lowest BCUT2D eigenvalue weighted by Gasteiger charge is -2.11. The van der Waals surface area contributed by atoms with Crippen LogP contribution in [0.2, 0.25) is 0 Å². The lowest BCUT2D eigenvalue weighted by atomic mass is 10.1. The van der Waals surface area contributed by atoms with Crippen molar-refractivity contribution in [2.45, 2.75) is 32.1 Å². The summed E-state index contributed by atoms with van der Waals surface area (Å²) < 4.78 is 31.2. The third-order valence-corrected chi connectivity index (χ3v) is 5.69. The number of pyridine rings is 1. The fourth-order valence-electron chi connectivity index (χ4n) is 2.82. The van der Waals surface area contributed by atoms with Crippen LogP contribution >= 0.6 is 0 Å². The molecule has 0 bridgehead atoms. The number of carbonyl (C=O) groups excluding carboxylic acids is 1. The minimum atomic E-state index is -3.41. The number of nitrogens with one attached hydrogen (secondary N) is 2. The molecule has 3 aromatic rings. The van der Waals surface area contributed by atoms with Gasteiger partial charge in [0.25, 0.3) is 11.6 Å². The average Bonchev–Trinajstić information content (AvgIpc) is 3.10. The molecule has 2 N–H and O–H groups in total. The molecule has 0 aliphatic heterocycles. The molecule has 2 heterocycles. The quantitative estimate of drug-likeness (QED) is 0.627. The smallest absolute Gasteiger partial charge is 0.257 e. The maximum absolute atomic E-state index is 12.6. The summed E-state index contributed by atoms with van der Waals surface area (Å²) in [6, 6.07) is 8.80. The molecule has 3 rings (SSSR count). The zero-order valence-corrected chi connectivity index (χ0v) is 16.7. The summed E-state index contributed by atoms with van der Waals surface area (Å²) in [5, 5.41) is 7.54. The molecule has 0 aliphatic carbocycles. The van der Waals surface area contributed by atoms with Gasteiger partial charge >= 0.3 is 0 Å². The predicted octanol–water partition coefficient (Wildman–Crippen LogP) is 2.33. The van der Waals surface area contributed by atoms with E-state index in [-0.39, 0.29) is 24.1 Å². The van der Waals surface area contributed by atoms with Gasteiger partial charge in [0.05, 0.1) is 22.4 Å². The van der Waals surface area contributed by atoms with E-state index in [9.17, 15) is 13.2 Å². The second-order valence-electron chi connectivity index (χ2n) is 6.71. The summed E-state index contributed by atoms with van der Waals surface area (Å²) >= 11 is 0. The Bertz CT molecular complexity index is 1110. The number of amides is 1. The van der Waals surface area contributed by atoms with Crippen molar-refractivity contribution in [1.29, 1.82) is 0 Å². The van der Waals surface area contributed by atoms with E-state index in [1.54, 1.807) is 30.3 Å². The number of nitrogens with zero attached hydrogens (tertiary/aromatic N) is 2. The Kier molecular flexibility index (Phi) is 5.76. The number of hydrogen-bond acceptors (Lipinski definition) is 6. The zero-order valence-electron chi connectivity index (χ0n) is 15.9. The first kappa shape index (κ1) is 20.0. The Balaban J connectivity index is 1.78. The van der Waals surface area contributed by atoms with Crippen molar-refractivity contribution in [2.24, 2.45) is 0 Å². The van der Waals surface area contributed by atoms with Crippen LogP contribution in [0.25, 0.3) is 11.1 Å². The number of aromatic nitrogens is 2. The van der Waals surface area contributed by atoms with Crippen LogP contribution in [0.4, 0.5) is 0 Å². The summed E-state index contributed by atoms with van der Waals surface area (Å²) in [5.41, 5.74) is 2.89. The van der Waals surface area contributed by atoms with E-state index >= 15 is 0 Å². The highest BCUT2D eigenvalue weighted by Gasteiger charge is 2.16. The molecule has 0 spiro atoms. The second-order valence-corrected chi connectivity index (χ2v) is 8.64. The van der Waals surface area contributed by atoms with Crippen LogP contribution in [0.1, 0.15) is 46.9 Å². The Morgan fingerprint density at radius 2 is 1.93 bits per heavy atom. The summed E-state index contributed by atoms with van der Waals surface area (Å²) in [4.78, 5) is 16.7. The number of sulfonamides is 1. The minimum absolute atomic E-state index is 0.141. The van der Waals surface area contributed by atoms with E-state index in [1.165, 1.54) is 13.2 Å². The number of benzene rings is 1. The van der Waals surface area contributed by atoms with Crippen LogP contribution < -0.4 is 10.0 Å². The first-order valence-electron chi connectivity index (χ1n) is 8.82. The fraction of sp³-hybridized carbons (Fsp3) is 0.316. The normalized spacial score (nSPS) is 11.9. The van der Waals surface area contributed by atoms with Crippen molar-refractivity contribution in [3.63, 3.8) is 0 Å². The average molecular weight is 402 g/mol. The van der Waals surface area contributed by atoms with Crippen molar-refractivity contribution in [3.05, 3.63) is 58.9 Å². The van der Waals surface area contributed by atoms with Crippen LogP contribution in [0.5, 0.6) is 0 Å². The standard InChI is InChI=1S/C19H22N4O4S/c1-12(2)17-16-8-15(10-22-19(16)27-23-17)18(24)21-9-13-6-4-5-7-14(13)11-28(25,26)20-3/h4-8,10,12,20H,9,11H2,1-3H3,(H,21,24). The Hall–Kier alpha value is -2.78. The third-order valence-electron chi connectivity index (χ3n) is 4.38. The van der Waals surface area contributed by atoms with Crippen LogP contribution in [-0.2, 0) is 22.3 Å². The van der Waals surface area contributed by atoms with Gasteiger partial charge in [0, 0.05) is 12.7 Å². The van der Waals surface area contributed by atoms with Crippen LogP contribution in [0.3, 0.4) is 0 Å². The molecule has 0 aliphatic rings. The lowest BCUT2D eigenvalue weighted by Crippen LogP contribution is -2.25. The van der Waals surface area contributed by atoms with Gasteiger partial charge in [0.2, 0.25) is 10.0 Å². The topological polar surface area (TPSA) is 114 Å². The molecular formula is C19H22N4O4S. The summed E-state index contributed by atoms with van der Waals surface area (Å²) in [7, 11) is -2.03. The number of fused-ring (bicyclic) bond motifs is 1. The molecule has 0 saturated heterocycles. The molecule has 0 unspecified atom stereocenters. The number of rotatable bonds is 7. The number of hydrogen-bond donors (Lipinski definition) is 2. The Morgan fingerprint density at radius 3 is 2.61 bits per heavy atom. The molecule has 148 valence electrons. The van der Waals surface area contributed by atoms with Crippen molar-refractivity contribution in [2.75, 3.05) is 7.05 Å². The molecule has 1 amide bonds. The molecule has 0 fully saturated rings. The molecule has 0 radical (unpaired) electrons. The molecule has 0 atom stereocenters. The summed E-state index contributed by atoms with van der Waals surface area (Å²) in [6.07, 6.45) is 1.43. The molecule has 28 heavy (non-hydrogen) atoms. The van der Waals surface area contributed by atoms with Crippen molar-refractivity contribution < 1.29 is 17.7 Å². The van der Waals surface area contributed by atoms with E-state index in [0.29, 0.717) is 22.2 Å². The van der Waals surface area contributed by atoms with Crippen LogP contribution in [0.15, 0.2) is 41.1 Å². The van der Waals surface area contributed by atoms with E-state index in [4.69, 9.17) is 4.52 Å². The highest BCUT2D eigenvalue weighted by molar-refractivity contribution is 7.88. The first-order valence-corrected chi connectivity index (χ1v) is 10.5. The van der Waals surface area contributed by atoms with Crippen LogP contribution in [0, 0.1) is 0 Å². The largest absolute Gasteiger partial charge is 0.348 e. The minimum Gasteiger partial charge on any atom is -0.348 e. The molecule has 8 nitrogen and oxygen atoms in total. The molecule has 0 saturated carbocycles. The monoisotopic (exact) mass is 402 g/mol. The van der Waals surface area contributed by atoms with Gasteiger partial charge in [0.15, 0.2) is 0 Å². The SMILES string of the molecule is CNS(=O)(=O)Cc1ccccc1CNC(=O)c1cnc2onc(C(C)C)c2c1. The van der Waals surface area contributed by atoms with Crippen molar-refractivity contribution >= 4 is 27.0 Å². The first-order chi connectivity index (χ1) is 13.3. The van der Waals surface area contributed by atoms with Gasteiger partial charge in [-0.3, -0.25) is 4.79 Å². The molecule has 9 heteroatoms. The van der Waals surface area contributed by atoms with Crippen molar-refractivity contribution in [3.8, 4) is 0 Å². The van der Waals surface area contributed by atoms with Gasteiger partial charge in [-0.05, 0) is 30.2 Å². The highest BCUT2D eigenvalue weighted by Crippen LogP contribution is 2.24. The third kappa shape index (κ3) is 4.37. The van der Waals surface area contributed by atoms with Gasteiger partial charge in [-0.15, -0.1) is 0 Å². The van der Waals surface area contributed by atoms with E-state index in [2.05, 4.69) is 20.2 Å². The van der Waals surface area contributed by atoms with E-state index < -0.39 is 10.0 Å². The summed E-state index contributed by atoms with van der Waals surface area (Å²) in [6.45, 7) is 4.17. The molecular weight excluding hydrogens is 380 g/mol. The van der Waals surface area contributed by atoms with Gasteiger partial charge < -0.3 is 9.84 Å². The zero-order chi connectivity index (χ0) is 20.3. The van der Waals surface area contributed by atoms with E-state index in [0.717, 1.165) is 11.3 Å². The molecule has 1 aromatic carbocycles. The predicted molar refractivity (Wildman–Crippen MR) is 105 cm³/mol. The fourth-order valence-corrected chi connectivity index (χ4v) is 3.65. The van der Waals surface area contributed by atoms with Gasteiger partial charge in [-0.1, -0.05) is 43.3 Å². The Labute approximate surface area is 163 Å². The van der Waals surface area contributed by atoms with Crippen molar-refractivity contribution in [1.82, 2.24) is 20.2 Å². The molecule has 2 aromatic heterocycles. The maximum atomic E-state index is 12.6. The summed E-state index contributed by atoms with van der Waals surface area (Å²) in [5.74, 6) is -0.319. The van der Waals surface area contributed by atoms with Gasteiger partial charge in [-0.2, -0.15) is 0 Å². The highest BCUT2D eigenvalue weighted by atomic mass is 32.2. The Morgan fingerprint density at radius 1 is 1.21 bits per heavy atom. The van der Waals surface area contributed by atoms with Gasteiger partial charge in [0.1, 0.15) is 0 Å². The second kappa shape index (κ2) is 8.07. The van der Waals surface area contributed by atoms with E-state index in [1.807, 2.05) is 13.8 Å². The van der Waals surface area contributed by atoms with Gasteiger partial charge in [-0.25, -0.2) is 18.1 Å². The van der Waals surface area contributed by atoms with Crippen LogP contribution in [-0.4, -0.2) is 31.5 Å². The lowest BCUT2D eigenvalue weighted by molar-refractivity contribution is 0.0950. The maximum Gasteiger partial charge on any atom is 0.257 e. The number of carbonyl (C=O) groups is 1.